The predicted octanol–water partition coefficient (Wildman–Crippen LogP) is 3.16. The Kier molecular flexibility index (Phi) is 6.84. The molecule has 9 heteroatoms. The zero-order valence-corrected chi connectivity index (χ0v) is 21.4. The quantitative estimate of drug-likeness (QED) is 0.532. The van der Waals surface area contributed by atoms with Crippen molar-refractivity contribution in [3.8, 4) is 17.1 Å². The fraction of sp³-hybridized carbons (Fsp3) is 0.536. The number of aliphatic hydroxyl groups excluding tert-OH is 1. The Morgan fingerprint density at radius 1 is 1.03 bits per heavy atom. The molecule has 1 aromatic carbocycles. The minimum Gasteiger partial charge on any atom is -0.390 e. The molecule has 3 aromatic rings. The smallest absolute Gasteiger partial charge is 0.333 e. The van der Waals surface area contributed by atoms with E-state index in [2.05, 4.69) is 15.2 Å². The molecular weight excluding hydrogens is 468 g/mol. The molecule has 0 unspecified atom stereocenters. The minimum atomic E-state index is -0.148. The van der Waals surface area contributed by atoms with E-state index >= 15 is 0 Å². The Labute approximate surface area is 217 Å². The highest BCUT2D eigenvalue weighted by Crippen LogP contribution is 2.29. The number of aromatic nitrogens is 4. The molecule has 9 nitrogen and oxygen atoms in total. The number of hydrogen-bond donors (Lipinski definition) is 2. The fourth-order valence-electron chi connectivity index (χ4n) is 6.01. The van der Waals surface area contributed by atoms with E-state index in [1.54, 1.807) is 10.8 Å². The molecule has 2 aromatic heterocycles. The molecule has 2 aliphatic heterocycles. The van der Waals surface area contributed by atoms with Crippen LogP contribution < -0.4 is 11.0 Å². The number of nitrogens with zero attached hydrogens (tertiary/aromatic N) is 5. The van der Waals surface area contributed by atoms with Crippen LogP contribution in [-0.4, -0.2) is 73.6 Å². The summed E-state index contributed by atoms with van der Waals surface area (Å²) in [4.78, 5) is 25.5. The number of benzene rings is 1. The highest BCUT2D eigenvalue weighted by Gasteiger charge is 2.33. The monoisotopic (exact) mass is 504 g/mol. The zero-order valence-electron chi connectivity index (χ0n) is 21.4. The van der Waals surface area contributed by atoms with Crippen molar-refractivity contribution >= 4 is 5.95 Å². The van der Waals surface area contributed by atoms with Gasteiger partial charge in [0, 0.05) is 56.8 Å². The van der Waals surface area contributed by atoms with Gasteiger partial charge >= 0.3 is 5.69 Å². The molecule has 1 saturated carbocycles. The van der Waals surface area contributed by atoms with Crippen molar-refractivity contribution in [1.82, 2.24) is 24.0 Å². The molecule has 0 bridgehead atoms. The second kappa shape index (κ2) is 10.4. The molecule has 6 rings (SSSR count). The summed E-state index contributed by atoms with van der Waals surface area (Å²) in [6.07, 6.45) is 9.58. The zero-order chi connectivity index (χ0) is 25.4. The van der Waals surface area contributed by atoms with Gasteiger partial charge in [0.1, 0.15) is 0 Å². The van der Waals surface area contributed by atoms with Crippen molar-refractivity contribution in [3.05, 3.63) is 58.8 Å². The minimum absolute atomic E-state index is 0.0462. The summed E-state index contributed by atoms with van der Waals surface area (Å²) in [6.45, 7) is 5.00. The van der Waals surface area contributed by atoms with Crippen LogP contribution >= 0.6 is 0 Å². The largest absolute Gasteiger partial charge is 0.390 e. The van der Waals surface area contributed by atoms with Gasteiger partial charge in [0.15, 0.2) is 0 Å². The Morgan fingerprint density at radius 3 is 2.54 bits per heavy atom. The van der Waals surface area contributed by atoms with E-state index in [1.165, 1.54) is 0 Å². The van der Waals surface area contributed by atoms with Crippen LogP contribution in [0.3, 0.4) is 0 Å². The second-order valence-electron chi connectivity index (χ2n) is 10.7. The molecular formula is C28H36N6O3. The molecule has 0 atom stereocenters. The van der Waals surface area contributed by atoms with Crippen molar-refractivity contribution in [3.63, 3.8) is 0 Å². The molecule has 0 amide bonds. The standard InChI is InChI=1S/C28H36N6O3/c1-19-3-2-4-23(15-19)34-26(18-33(28(34)36)22-10-13-37-14-11-22)25-9-12-29-27(31-25)30-20-5-7-21(8-6-20)32-16-24(35)17-32/h2-4,9,12,15,18,20-22,24,35H,5-8,10-11,13-14,16-17H2,1H3,(H,29,30,31). The van der Waals surface area contributed by atoms with Crippen LogP contribution in [0.1, 0.15) is 50.1 Å². The van der Waals surface area contributed by atoms with Gasteiger partial charge in [-0.15, -0.1) is 0 Å². The Hall–Kier alpha value is -3.01. The van der Waals surface area contributed by atoms with Gasteiger partial charge in [-0.2, -0.15) is 0 Å². The van der Waals surface area contributed by atoms with E-state index in [0.717, 1.165) is 74.3 Å². The number of imidazole rings is 1. The first-order valence-corrected chi connectivity index (χ1v) is 13.6. The molecule has 1 aliphatic carbocycles. The number of rotatable bonds is 6. The van der Waals surface area contributed by atoms with Gasteiger partial charge in [0.05, 0.1) is 23.2 Å². The molecule has 0 spiro atoms. The Balaban J connectivity index is 1.26. The molecule has 37 heavy (non-hydrogen) atoms. The van der Waals surface area contributed by atoms with Gasteiger partial charge in [-0.05, 0) is 69.2 Å². The van der Waals surface area contributed by atoms with Crippen LogP contribution in [-0.2, 0) is 4.74 Å². The predicted molar refractivity (Wildman–Crippen MR) is 142 cm³/mol. The van der Waals surface area contributed by atoms with Crippen molar-refractivity contribution in [2.75, 3.05) is 31.6 Å². The summed E-state index contributed by atoms with van der Waals surface area (Å²) in [5.41, 5.74) is 3.39. The third-order valence-electron chi connectivity index (χ3n) is 8.11. The lowest BCUT2D eigenvalue weighted by molar-refractivity contribution is -0.0337. The summed E-state index contributed by atoms with van der Waals surface area (Å²) in [7, 11) is 0. The van der Waals surface area contributed by atoms with Crippen LogP contribution in [0.5, 0.6) is 0 Å². The van der Waals surface area contributed by atoms with Gasteiger partial charge in [0.2, 0.25) is 5.95 Å². The topological polar surface area (TPSA) is 97.4 Å². The van der Waals surface area contributed by atoms with Crippen molar-refractivity contribution in [1.29, 1.82) is 0 Å². The Bertz CT molecular complexity index is 1280. The van der Waals surface area contributed by atoms with Gasteiger partial charge in [-0.3, -0.25) is 14.0 Å². The fourth-order valence-corrected chi connectivity index (χ4v) is 6.01. The summed E-state index contributed by atoms with van der Waals surface area (Å²) in [6, 6.07) is 10.9. The first kappa shape index (κ1) is 24.3. The van der Waals surface area contributed by atoms with Crippen molar-refractivity contribution in [2.45, 2.75) is 69.7 Å². The lowest BCUT2D eigenvalue weighted by Crippen LogP contribution is -2.56. The van der Waals surface area contributed by atoms with Gasteiger partial charge in [-0.25, -0.2) is 14.8 Å². The van der Waals surface area contributed by atoms with E-state index in [4.69, 9.17) is 9.72 Å². The molecule has 4 heterocycles. The SMILES string of the molecule is Cc1cccc(-n2c(-c3ccnc(NC4CCC(N5CC(O)C5)CC4)n3)cn(C3CCOCC3)c2=O)c1. The molecule has 2 N–H and O–H groups in total. The number of β-amino-alcohol motifs (C(OH)–C–C–N with tert-alkyl or cyclic N) is 1. The van der Waals surface area contributed by atoms with Gasteiger partial charge < -0.3 is 15.2 Å². The maximum absolute atomic E-state index is 13.7. The average molecular weight is 505 g/mol. The van der Waals surface area contributed by atoms with Crippen molar-refractivity contribution in [2.24, 2.45) is 0 Å². The number of anilines is 1. The van der Waals surface area contributed by atoms with Crippen LogP contribution in [0, 0.1) is 6.92 Å². The molecule has 2 saturated heterocycles. The maximum atomic E-state index is 13.7. The van der Waals surface area contributed by atoms with Gasteiger partial charge in [0.25, 0.3) is 0 Å². The molecule has 3 aliphatic rings. The van der Waals surface area contributed by atoms with E-state index < -0.39 is 0 Å². The third-order valence-corrected chi connectivity index (χ3v) is 8.11. The molecule has 0 radical (unpaired) electrons. The van der Waals surface area contributed by atoms with E-state index in [1.807, 2.05) is 48.0 Å². The number of ether oxygens (including phenoxy) is 1. The number of aliphatic hydroxyl groups is 1. The summed E-state index contributed by atoms with van der Waals surface area (Å²) in [5, 5.41) is 13.2. The maximum Gasteiger partial charge on any atom is 0.333 e. The highest BCUT2D eigenvalue weighted by atomic mass is 16.5. The summed E-state index contributed by atoms with van der Waals surface area (Å²) in [5.74, 6) is 0.599. The summed E-state index contributed by atoms with van der Waals surface area (Å²) >= 11 is 0. The van der Waals surface area contributed by atoms with Crippen LogP contribution in [0.15, 0.2) is 47.5 Å². The van der Waals surface area contributed by atoms with Gasteiger partial charge in [-0.1, -0.05) is 12.1 Å². The number of aryl methyl sites for hydroxylation is 1. The van der Waals surface area contributed by atoms with Crippen LogP contribution in [0.25, 0.3) is 17.1 Å². The lowest BCUT2D eigenvalue weighted by atomic mass is 9.88. The second-order valence-corrected chi connectivity index (χ2v) is 10.7. The summed E-state index contributed by atoms with van der Waals surface area (Å²) < 4.78 is 9.18. The number of likely N-dealkylation sites (tertiary alicyclic amines) is 1. The number of nitrogens with one attached hydrogen (secondary N) is 1. The van der Waals surface area contributed by atoms with Crippen LogP contribution in [0.4, 0.5) is 5.95 Å². The van der Waals surface area contributed by atoms with E-state index in [-0.39, 0.29) is 17.8 Å². The number of hydrogen-bond acceptors (Lipinski definition) is 7. The first-order chi connectivity index (χ1) is 18.0. The third kappa shape index (κ3) is 5.08. The average Bonchev–Trinajstić information content (AvgIpc) is 3.25. The Morgan fingerprint density at radius 2 is 1.81 bits per heavy atom. The molecule has 196 valence electrons. The van der Waals surface area contributed by atoms with Crippen LogP contribution in [0.2, 0.25) is 0 Å². The normalized spacial score (nSPS) is 23.6. The van der Waals surface area contributed by atoms with E-state index in [9.17, 15) is 9.90 Å². The first-order valence-electron chi connectivity index (χ1n) is 13.6. The van der Waals surface area contributed by atoms with E-state index in [0.29, 0.717) is 31.2 Å². The highest BCUT2D eigenvalue weighted by molar-refractivity contribution is 5.59. The molecule has 3 fully saturated rings. The van der Waals surface area contributed by atoms with Crippen molar-refractivity contribution < 1.29 is 9.84 Å². The lowest BCUT2D eigenvalue weighted by Gasteiger charge is -2.44.